The van der Waals surface area contributed by atoms with Crippen LogP contribution in [-0.2, 0) is 9.53 Å². The maximum atomic E-state index is 11.0. The summed E-state index contributed by atoms with van der Waals surface area (Å²) < 4.78 is 4.62. The first-order valence-electron chi connectivity index (χ1n) is 4.48. The number of esters is 1. The molecule has 0 aliphatic rings. The Kier molecular flexibility index (Phi) is 7.90. The van der Waals surface area contributed by atoms with Crippen molar-refractivity contribution in [3.63, 3.8) is 0 Å². The predicted octanol–water partition coefficient (Wildman–Crippen LogP) is 2.49. The zero-order chi connectivity index (χ0) is 10.1. The Morgan fingerprint density at radius 2 is 2.38 bits per heavy atom. The molecule has 1 atom stereocenters. The van der Waals surface area contributed by atoms with Gasteiger partial charge in [-0.3, -0.25) is 4.79 Å². The van der Waals surface area contributed by atoms with Gasteiger partial charge in [-0.25, -0.2) is 0 Å². The summed E-state index contributed by atoms with van der Waals surface area (Å²) in [7, 11) is 1.43. The molecule has 0 saturated carbocycles. The lowest BCUT2D eigenvalue weighted by Gasteiger charge is -2.07. The Balaban J connectivity index is 3.31. The second-order valence-electron chi connectivity index (χ2n) is 2.93. The minimum atomic E-state index is -0.115. The highest BCUT2D eigenvalue weighted by Crippen LogP contribution is 2.11. The van der Waals surface area contributed by atoms with Crippen LogP contribution in [0, 0.1) is 5.92 Å². The number of unbranched alkanes of at least 4 members (excludes halogenated alkanes) is 1. The van der Waals surface area contributed by atoms with Gasteiger partial charge in [-0.1, -0.05) is 13.0 Å². The normalized spacial score (nSPS) is 12.2. The van der Waals surface area contributed by atoms with Crippen molar-refractivity contribution in [1.29, 1.82) is 0 Å². The van der Waals surface area contributed by atoms with E-state index in [1.54, 1.807) is 11.8 Å². The monoisotopic (exact) mass is 202 g/mol. The number of hydrogen-bond donors (Lipinski definition) is 0. The minimum absolute atomic E-state index is 0.0127. The van der Waals surface area contributed by atoms with Crippen molar-refractivity contribution in [2.24, 2.45) is 5.92 Å². The van der Waals surface area contributed by atoms with Crippen molar-refractivity contribution < 1.29 is 9.53 Å². The Morgan fingerprint density at radius 1 is 1.69 bits per heavy atom. The lowest BCUT2D eigenvalue weighted by atomic mass is 10.2. The number of rotatable bonds is 7. The quantitative estimate of drug-likeness (QED) is 0.360. The molecule has 0 saturated heterocycles. The topological polar surface area (TPSA) is 26.3 Å². The van der Waals surface area contributed by atoms with Gasteiger partial charge in [0.1, 0.15) is 0 Å². The van der Waals surface area contributed by atoms with E-state index < -0.39 is 0 Å². The number of thioether (sulfide) groups is 1. The highest BCUT2D eigenvalue weighted by molar-refractivity contribution is 7.99. The van der Waals surface area contributed by atoms with Gasteiger partial charge in [-0.05, 0) is 18.6 Å². The van der Waals surface area contributed by atoms with Gasteiger partial charge in [0.05, 0.1) is 13.0 Å². The fourth-order valence-corrected chi connectivity index (χ4v) is 1.89. The van der Waals surface area contributed by atoms with Crippen LogP contribution in [0.15, 0.2) is 12.7 Å². The van der Waals surface area contributed by atoms with E-state index in [-0.39, 0.29) is 11.9 Å². The van der Waals surface area contributed by atoms with Gasteiger partial charge in [-0.2, -0.15) is 11.8 Å². The zero-order valence-electron chi connectivity index (χ0n) is 8.41. The average Bonchev–Trinajstić information content (AvgIpc) is 2.16. The molecule has 0 fully saturated rings. The van der Waals surface area contributed by atoms with Gasteiger partial charge in [0.25, 0.3) is 0 Å². The molecule has 0 spiro atoms. The van der Waals surface area contributed by atoms with Gasteiger partial charge >= 0.3 is 5.97 Å². The predicted molar refractivity (Wildman–Crippen MR) is 57.9 cm³/mol. The lowest BCUT2D eigenvalue weighted by molar-refractivity contribution is -0.143. The molecule has 0 aliphatic carbocycles. The van der Waals surface area contributed by atoms with Gasteiger partial charge in [0, 0.05) is 5.75 Å². The summed E-state index contributed by atoms with van der Waals surface area (Å²) in [5, 5.41) is 0. The van der Waals surface area contributed by atoms with E-state index >= 15 is 0 Å². The molecule has 0 amide bonds. The number of hydrogen-bond acceptors (Lipinski definition) is 3. The summed E-state index contributed by atoms with van der Waals surface area (Å²) in [5.41, 5.74) is 0. The average molecular weight is 202 g/mol. The largest absolute Gasteiger partial charge is 0.469 e. The second kappa shape index (κ2) is 8.17. The molecular formula is C10H18O2S. The molecule has 1 unspecified atom stereocenters. The third-order valence-electron chi connectivity index (χ3n) is 1.67. The zero-order valence-corrected chi connectivity index (χ0v) is 9.23. The first kappa shape index (κ1) is 12.6. The van der Waals surface area contributed by atoms with E-state index in [9.17, 15) is 4.79 Å². The van der Waals surface area contributed by atoms with Gasteiger partial charge in [0.2, 0.25) is 0 Å². The summed E-state index contributed by atoms with van der Waals surface area (Å²) >= 11 is 1.80. The van der Waals surface area contributed by atoms with Gasteiger partial charge in [0.15, 0.2) is 0 Å². The molecule has 0 radical (unpaired) electrons. The van der Waals surface area contributed by atoms with Crippen LogP contribution in [0.3, 0.4) is 0 Å². The van der Waals surface area contributed by atoms with Crippen LogP contribution in [-0.4, -0.2) is 24.6 Å². The third-order valence-corrected chi connectivity index (χ3v) is 2.98. The Labute approximate surface area is 84.7 Å². The number of ether oxygens (including phenoxy) is 1. The van der Waals surface area contributed by atoms with Crippen LogP contribution in [0.5, 0.6) is 0 Å². The molecule has 0 bridgehead atoms. The molecule has 3 heteroatoms. The highest BCUT2D eigenvalue weighted by Gasteiger charge is 2.11. The molecule has 0 aromatic rings. The number of carbonyl (C=O) groups is 1. The summed E-state index contributed by atoms with van der Waals surface area (Å²) in [4.78, 5) is 11.0. The Bertz CT molecular complexity index is 157. The van der Waals surface area contributed by atoms with Crippen LogP contribution in [0.1, 0.15) is 19.8 Å². The van der Waals surface area contributed by atoms with Crippen molar-refractivity contribution in [2.45, 2.75) is 19.8 Å². The fourth-order valence-electron chi connectivity index (χ4n) is 0.859. The summed E-state index contributed by atoms with van der Waals surface area (Å²) in [6.07, 6.45) is 4.12. The van der Waals surface area contributed by atoms with Gasteiger partial charge < -0.3 is 4.74 Å². The molecule has 0 aromatic heterocycles. The van der Waals surface area contributed by atoms with Crippen molar-refractivity contribution in [3.05, 3.63) is 12.7 Å². The molecular weight excluding hydrogens is 184 g/mol. The van der Waals surface area contributed by atoms with E-state index in [2.05, 4.69) is 11.3 Å². The van der Waals surface area contributed by atoms with E-state index in [1.807, 2.05) is 13.0 Å². The van der Waals surface area contributed by atoms with Gasteiger partial charge in [-0.15, -0.1) is 6.58 Å². The van der Waals surface area contributed by atoms with Crippen LogP contribution >= 0.6 is 11.8 Å². The smallest absolute Gasteiger partial charge is 0.309 e. The highest BCUT2D eigenvalue weighted by atomic mass is 32.2. The van der Waals surface area contributed by atoms with Crippen LogP contribution in [0.2, 0.25) is 0 Å². The first-order valence-corrected chi connectivity index (χ1v) is 5.64. The molecule has 0 heterocycles. The van der Waals surface area contributed by atoms with Crippen molar-refractivity contribution in [1.82, 2.24) is 0 Å². The van der Waals surface area contributed by atoms with Crippen molar-refractivity contribution >= 4 is 17.7 Å². The van der Waals surface area contributed by atoms with Crippen LogP contribution in [0.25, 0.3) is 0 Å². The first-order chi connectivity index (χ1) is 6.22. The van der Waals surface area contributed by atoms with E-state index in [0.717, 1.165) is 24.3 Å². The molecule has 2 nitrogen and oxygen atoms in total. The third kappa shape index (κ3) is 6.70. The molecule has 0 N–H and O–H groups in total. The summed E-state index contributed by atoms with van der Waals surface area (Å²) in [6, 6.07) is 0. The molecule has 13 heavy (non-hydrogen) atoms. The fraction of sp³-hybridized carbons (Fsp3) is 0.700. The Morgan fingerprint density at radius 3 is 2.92 bits per heavy atom. The van der Waals surface area contributed by atoms with E-state index in [1.165, 1.54) is 7.11 Å². The van der Waals surface area contributed by atoms with Crippen molar-refractivity contribution in [2.75, 3.05) is 18.6 Å². The maximum absolute atomic E-state index is 11.0. The van der Waals surface area contributed by atoms with E-state index in [4.69, 9.17) is 0 Å². The molecule has 0 aromatic carbocycles. The summed E-state index contributed by atoms with van der Waals surface area (Å²) in [5.74, 6) is 1.84. The minimum Gasteiger partial charge on any atom is -0.469 e. The van der Waals surface area contributed by atoms with E-state index in [0.29, 0.717) is 0 Å². The number of methoxy groups -OCH3 is 1. The number of carbonyl (C=O) groups excluding carboxylic acids is 1. The molecule has 0 rings (SSSR count). The van der Waals surface area contributed by atoms with Crippen molar-refractivity contribution in [3.8, 4) is 0 Å². The van der Waals surface area contributed by atoms with Crippen LogP contribution in [0.4, 0.5) is 0 Å². The summed E-state index contributed by atoms with van der Waals surface area (Å²) in [6.45, 7) is 5.55. The number of allylic oxidation sites excluding steroid dienone is 1. The lowest BCUT2D eigenvalue weighted by Crippen LogP contribution is -2.14. The SMILES string of the molecule is C=CCCCSCC(C)C(=O)OC. The standard InChI is InChI=1S/C10H18O2S/c1-4-5-6-7-13-8-9(2)10(11)12-3/h4,9H,1,5-8H2,2-3H3. The second-order valence-corrected chi connectivity index (χ2v) is 4.08. The molecule has 0 aliphatic heterocycles. The Hall–Kier alpha value is -0.440. The molecule has 76 valence electrons. The van der Waals surface area contributed by atoms with Crippen LogP contribution < -0.4 is 0 Å². The maximum Gasteiger partial charge on any atom is 0.309 e.